The van der Waals surface area contributed by atoms with Crippen LogP contribution in [0.1, 0.15) is 51.9 Å². The molecule has 27 heavy (non-hydrogen) atoms. The molecule has 1 unspecified atom stereocenters. The second-order valence-corrected chi connectivity index (χ2v) is 8.70. The monoisotopic (exact) mass is 395 g/mol. The molecule has 2 heterocycles. The number of alkyl halides is 3. The van der Waals surface area contributed by atoms with Crippen molar-refractivity contribution in [2.24, 2.45) is 17.3 Å². The van der Waals surface area contributed by atoms with Gasteiger partial charge in [-0.05, 0) is 56.8 Å². The van der Waals surface area contributed by atoms with E-state index in [1.807, 2.05) is 0 Å². The van der Waals surface area contributed by atoms with E-state index in [0.717, 1.165) is 45.2 Å². The van der Waals surface area contributed by atoms with Gasteiger partial charge in [0.2, 0.25) is 0 Å². The molecule has 4 rings (SSSR count). The molecule has 9 heteroatoms. The smallest absolute Gasteiger partial charge is 0.475 e. The molecule has 4 N–H and O–H groups in total. The molecule has 156 valence electrons. The number of halogens is 3. The molecule has 1 spiro atoms. The summed E-state index contributed by atoms with van der Waals surface area (Å²) >= 11 is 0. The fraction of sp³-hybridized carbons (Fsp3) is 0.944. The standard InChI is InChI=1S/C16H27NO3.C2HF3O2/c1-11-8-12-9-13(18)15(19)5-3-7-17-6-2-4-14(12,15)16(17,20)10-11;3-2(4,5)1(6)7/h11-13,18-20H,2-10H2,1H3;(H,6,7)/t11-,12+,13+,14+,15+,16+;/m1./s1. The third-order valence-corrected chi connectivity index (χ3v) is 7.31. The van der Waals surface area contributed by atoms with Crippen molar-refractivity contribution >= 4 is 5.97 Å². The van der Waals surface area contributed by atoms with E-state index < -0.39 is 35.0 Å². The van der Waals surface area contributed by atoms with Gasteiger partial charge in [0.25, 0.3) is 0 Å². The molecule has 2 aliphatic carbocycles. The Balaban J connectivity index is 0.000000260. The van der Waals surface area contributed by atoms with Crippen molar-refractivity contribution in [1.29, 1.82) is 0 Å². The predicted octanol–water partition coefficient (Wildman–Crippen LogP) is 1.73. The summed E-state index contributed by atoms with van der Waals surface area (Å²) in [4.78, 5) is 11.1. The molecule has 7 atom stereocenters. The lowest BCUT2D eigenvalue weighted by Gasteiger charge is -2.63. The molecular formula is C18H28F3NO5. The fourth-order valence-corrected chi connectivity index (χ4v) is 6.52. The van der Waals surface area contributed by atoms with Crippen LogP contribution in [-0.4, -0.2) is 68.0 Å². The van der Waals surface area contributed by atoms with Crippen LogP contribution in [0.4, 0.5) is 13.2 Å². The highest BCUT2D eigenvalue weighted by atomic mass is 19.4. The van der Waals surface area contributed by atoms with Crippen LogP contribution < -0.4 is 0 Å². The molecule has 2 aliphatic heterocycles. The van der Waals surface area contributed by atoms with Crippen LogP contribution in [0.5, 0.6) is 0 Å². The molecule has 0 aromatic heterocycles. The molecule has 6 nitrogen and oxygen atoms in total. The number of aliphatic hydroxyl groups is 3. The predicted molar refractivity (Wildman–Crippen MR) is 88.6 cm³/mol. The number of rotatable bonds is 0. The van der Waals surface area contributed by atoms with Gasteiger partial charge in [-0.15, -0.1) is 0 Å². The second kappa shape index (κ2) is 6.57. The van der Waals surface area contributed by atoms with Crippen molar-refractivity contribution in [3.8, 4) is 0 Å². The van der Waals surface area contributed by atoms with Crippen molar-refractivity contribution in [2.45, 2.75) is 75.5 Å². The van der Waals surface area contributed by atoms with Gasteiger partial charge >= 0.3 is 12.1 Å². The summed E-state index contributed by atoms with van der Waals surface area (Å²) in [5, 5.41) is 40.7. The Morgan fingerprint density at radius 3 is 2.22 bits per heavy atom. The van der Waals surface area contributed by atoms with Crippen LogP contribution in [-0.2, 0) is 4.79 Å². The van der Waals surface area contributed by atoms with Crippen LogP contribution in [0.15, 0.2) is 0 Å². The molecule has 2 saturated carbocycles. The maximum Gasteiger partial charge on any atom is 0.490 e. The first-order chi connectivity index (χ1) is 12.4. The number of carboxylic acids is 1. The number of aliphatic carboxylic acids is 1. The molecule has 0 aromatic carbocycles. The highest BCUT2D eigenvalue weighted by Crippen LogP contribution is 2.69. The van der Waals surface area contributed by atoms with Crippen molar-refractivity contribution in [1.82, 2.24) is 4.90 Å². The van der Waals surface area contributed by atoms with Crippen molar-refractivity contribution in [3.05, 3.63) is 0 Å². The minimum atomic E-state index is -5.08. The number of nitrogens with zero attached hydrogens (tertiary/aromatic N) is 1. The molecule has 4 fully saturated rings. The van der Waals surface area contributed by atoms with Crippen molar-refractivity contribution in [2.75, 3.05) is 13.1 Å². The van der Waals surface area contributed by atoms with E-state index in [-0.39, 0.29) is 5.92 Å². The van der Waals surface area contributed by atoms with Crippen LogP contribution in [0, 0.1) is 17.3 Å². The summed E-state index contributed by atoms with van der Waals surface area (Å²) in [6.07, 6.45) is 0.108. The van der Waals surface area contributed by atoms with E-state index in [1.54, 1.807) is 0 Å². The summed E-state index contributed by atoms with van der Waals surface area (Å²) < 4.78 is 31.7. The maximum absolute atomic E-state index is 11.6. The quantitative estimate of drug-likeness (QED) is 0.498. The number of hydrogen-bond acceptors (Lipinski definition) is 5. The van der Waals surface area contributed by atoms with E-state index in [1.165, 1.54) is 0 Å². The van der Waals surface area contributed by atoms with Crippen LogP contribution in [0.3, 0.4) is 0 Å². The van der Waals surface area contributed by atoms with E-state index in [4.69, 9.17) is 9.90 Å². The maximum atomic E-state index is 11.6. The summed E-state index contributed by atoms with van der Waals surface area (Å²) in [6.45, 7) is 3.99. The highest BCUT2D eigenvalue weighted by molar-refractivity contribution is 5.73. The third-order valence-electron chi connectivity index (χ3n) is 7.31. The molecule has 2 bridgehead atoms. The van der Waals surface area contributed by atoms with Gasteiger partial charge in [-0.3, -0.25) is 4.90 Å². The minimum Gasteiger partial charge on any atom is -0.475 e. The lowest BCUT2D eigenvalue weighted by molar-refractivity contribution is -0.303. The lowest BCUT2D eigenvalue weighted by Crippen LogP contribution is -2.73. The first kappa shape index (κ1) is 20.8. The Kier molecular flexibility index (Phi) is 5.07. The van der Waals surface area contributed by atoms with Crippen LogP contribution in [0.25, 0.3) is 0 Å². The van der Waals surface area contributed by atoms with Gasteiger partial charge in [0.05, 0.1) is 6.10 Å². The average molecular weight is 395 g/mol. The topological polar surface area (TPSA) is 101 Å². The average Bonchev–Trinajstić information content (AvgIpc) is 2.73. The van der Waals surface area contributed by atoms with Gasteiger partial charge in [0.15, 0.2) is 0 Å². The summed E-state index contributed by atoms with van der Waals surface area (Å²) in [6, 6.07) is 0. The van der Waals surface area contributed by atoms with E-state index in [0.29, 0.717) is 18.8 Å². The Labute approximate surface area is 156 Å². The van der Waals surface area contributed by atoms with Gasteiger partial charge in [-0.1, -0.05) is 6.92 Å². The molecule has 2 saturated heterocycles. The van der Waals surface area contributed by atoms with Crippen LogP contribution >= 0.6 is 0 Å². The Morgan fingerprint density at radius 2 is 1.67 bits per heavy atom. The molecule has 4 aliphatic rings. The molecule has 0 amide bonds. The number of carboxylic acid groups (broad SMARTS) is 1. The van der Waals surface area contributed by atoms with E-state index >= 15 is 0 Å². The first-order valence-corrected chi connectivity index (χ1v) is 9.56. The van der Waals surface area contributed by atoms with Gasteiger partial charge in [-0.25, -0.2) is 4.79 Å². The minimum absolute atomic E-state index is 0.261. The van der Waals surface area contributed by atoms with Gasteiger partial charge in [0.1, 0.15) is 11.3 Å². The Bertz CT molecular complexity index is 602. The fourth-order valence-electron chi connectivity index (χ4n) is 6.52. The second-order valence-electron chi connectivity index (χ2n) is 8.70. The van der Waals surface area contributed by atoms with Gasteiger partial charge < -0.3 is 20.4 Å². The number of hydrogen-bond donors (Lipinski definition) is 4. The third kappa shape index (κ3) is 2.89. The van der Waals surface area contributed by atoms with E-state index in [9.17, 15) is 28.5 Å². The van der Waals surface area contributed by atoms with Gasteiger partial charge in [0, 0.05) is 18.5 Å². The Morgan fingerprint density at radius 1 is 1.11 bits per heavy atom. The van der Waals surface area contributed by atoms with Crippen molar-refractivity contribution in [3.63, 3.8) is 0 Å². The summed E-state index contributed by atoms with van der Waals surface area (Å²) in [7, 11) is 0. The summed E-state index contributed by atoms with van der Waals surface area (Å²) in [5.41, 5.74) is -2.49. The molecule has 0 radical (unpaired) electrons. The van der Waals surface area contributed by atoms with Crippen LogP contribution in [0.2, 0.25) is 0 Å². The highest BCUT2D eigenvalue weighted by Gasteiger charge is 2.76. The Hall–Kier alpha value is -0.900. The molecule has 0 aromatic rings. The lowest BCUT2D eigenvalue weighted by atomic mass is 9.51. The largest absolute Gasteiger partial charge is 0.490 e. The number of carbonyl (C=O) groups is 1. The number of piperidine rings is 1. The summed E-state index contributed by atoms with van der Waals surface area (Å²) in [5.74, 6) is -2.03. The SMILES string of the molecule is C[C@@H]1C[C@H]2C[C@H](O)[C@@]3(O)CCCN4CCC[C@]23[C@@]4(O)C1.O=C(O)C(F)(F)F. The zero-order chi connectivity index (χ0) is 20.3. The number of aliphatic hydroxyl groups excluding tert-OH is 1. The first-order valence-electron chi connectivity index (χ1n) is 9.56. The van der Waals surface area contributed by atoms with Crippen molar-refractivity contribution < 1.29 is 38.4 Å². The zero-order valence-corrected chi connectivity index (χ0v) is 15.4. The van der Waals surface area contributed by atoms with Gasteiger partial charge in [-0.2, -0.15) is 13.2 Å². The zero-order valence-electron chi connectivity index (χ0n) is 15.4. The van der Waals surface area contributed by atoms with E-state index in [2.05, 4.69) is 11.8 Å². The molecular weight excluding hydrogens is 367 g/mol. The normalized spacial score (nSPS) is 48.7.